The first-order chi connectivity index (χ1) is 8.98. The molecule has 0 saturated carbocycles. The smallest absolute Gasteiger partial charge is 0.0561 e. The molecule has 0 spiro atoms. The molecular formula is C16H23ClN2. The van der Waals surface area contributed by atoms with E-state index in [0.717, 1.165) is 19.6 Å². The van der Waals surface area contributed by atoms with Crippen LogP contribution < -0.4 is 5.32 Å². The maximum absolute atomic E-state index is 5.71. The molecule has 1 N–H and O–H groups in total. The van der Waals surface area contributed by atoms with Gasteiger partial charge in [0.15, 0.2) is 0 Å². The molecule has 1 unspecified atom stereocenters. The molecule has 0 aliphatic carbocycles. The van der Waals surface area contributed by atoms with Crippen LogP contribution in [0.2, 0.25) is 0 Å². The molecule has 0 amide bonds. The second kappa shape index (κ2) is 5.66. The van der Waals surface area contributed by atoms with E-state index in [-0.39, 0.29) is 11.1 Å². The Morgan fingerprint density at radius 1 is 1.26 bits per heavy atom. The largest absolute Gasteiger partial charge is 0.308 e. The zero-order valence-corrected chi connectivity index (χ0v) is 12.7. The minimum atomic E-state index is 0.00712. The van der Waals surface area contributed by atoms with Gasteiger partial charge in [-0.3, -0.25) is 4.90 Å². The van der Waals surface area contributed by atoms with Crippen molar-refractivity contribution in [3.8, 4) is 0 Å². The van der Waals surface area contributed by atoms with E-state index in [4.69, 9.17) is 11.6 Å². The molecule has 0 aromatic heterocycles. The van der Waals surface area contributed by atoms with Gasteiger partial charge >= 0.3 is 0 Å². The van der Waals surface area contributed by atoms with Crippen LogP contribution in [0.1, 0.15) is 26.3 Å². The third-order valence-corrected chi connectivity index (χ3v) is 4.18. The Balaban J connectivity index is 2.30. The predicted octanol–water partition coefficient (Wildman–Crippen LogP) is 3.34. The second-order valence-corrected chi connectivity index (χ2v) is 6.37. The molecular weight excluding hydrogens is 256 g/mol. The fraction of sp³-hybridized carbons (Fsp3) is 0.500. The van der Waals surface area contributed by atoms with Gasteiger partial charge < -0.3 is 5.32 Å². The number of nitrogens with zero attached hydrogens (tertiary/aromatic N) is 1. The summed E-state index contributed by atoms with van der Waals surface area (Å²) in [6, 6.07) is 10.7. The summed E-state index contributed by atoms with van der Waals surface area (Å²) in [7, 11) is 0. The molecule has 1 saturated heterocycles. The average molecular weight is 279 g/mol. The van der Waals surface area contributed by atoms with E-state index in [1.807, 2.05) is 6.08 Å². The van der Waals surface area contributed by atoms with Crippen LogP contribution >= 0.6 is 11.6 Å². The Bertz CT molecular complexity index is 441. The molecule has 2 rings (SSSR count). The first-order valence-electron chi connectivity index (χ1n) is 6.79. The van der Waals surface area contributed by atoms with Crippen molar-refractivity contribution in [2.75, 3.05) is 19.6 Å². The minimum Gasteiger partial charge on any atom is -0.308 e. The summed E-state index contributed by atoms with van der Waals surface area (Å²) in [5.74, 6) is 0. The van der Waals surface area contributed by atoms with E-state index in [2.05, 4.69) is 61.3 Å². The van der Waals surface area contributed by atoms with Crippen LogP contribution in [-0.2, 0) is 5.54 Å². The molecule has 1 heterocycles. The summed E-state index contributed by atoms with van der Waals surface area (Å²) >= 11 is 5.71. The van der Waals surface area contributed by atoms with Gasteiger partial charge in [0.25, 0.3) is 0 Å². The lowest BCUT2D eigenvalue weighted by Gasteiger charge is -2.51. The summed E-state index contributed by atoms with van der Waals surface area (Å²) in [5.41, 5.74) is 3.10. The second-order valence-electron chi connectivity index (χ2n) is 6.12. The van der Waals surface area contributed by atoms with Gasteiger partial charge in [-0.25, -0.2) is 0 Å². The Labute approximate surface area is 121 Å². The molecule has 1 atom stereocenters. The molecule has 104 valence electrons. The zero-order chi connectivity index (χ0) is 13.9. The number of piperazine rings is 1. The van der Waals surface area contributed by atoms with E-state index >= 15 is 0 Å². The first-order valence-corrected chi connectivity index (χ1v) is 7.22. The van der Waals surface area contributed by atoms with E-state index in [1.165, 1.54) is 5.56 Å². The van der Waals surface area contributed by atoms with Crippen molar-refractivity contribution in [2.45, 2.75) is 31.8 Å². The van der Waals surface area contributed by atoms with Crippen molar-refractivity contribution < 1.29 is 0 Å². The molecule has 1 aromatic rings. The lowest BCUT2D eigenvalue weighted by Crippen LogP contribution is -2.65. The predicted molar refractivity (Wildman–Crippen MR) is 82.4 cm³/mol. The van der Waals surface area contributed by atoms with Gasteiger partial charge in [0.1, 0.15) is 0 Å². The minimum absolute atomic E-state index is 0.00712. The Morgan fingerprint density at radius 2 is 1.95 bits per heavy atom. The molecule has 1 aromatic carbocycles. The third kappa shape index (κ3) is 3.19. The van der Waals surface area contributed by atoms with Crippen LogP contribution in [-0.4, -0.2) is 30.1 Å². The highest BCUT2D eigenvalue weighted by atomic mass is 35.5. The third-order valence-electron chi connectivity index (χ3n) is 4.01. The number of hydrogen-bond acceptors (Lipinski definition) is 2. The molecule has 3 heteroatoms. The van der Waals surface area contributed by atoms with E-state index in [0.29, 0.717) is 0 Å². The first kappa shape index (κ1) is 14.6. The Morgan fingerprint density at radius 3 is 2.58 bits per heavy atom. The summed E-state index contributed by atoms with van der Waals surface area (Å²) in [6.07, 6.45) is 2.02. The summed E-state index contributed by atoms with van der Waals surface area (Å²) in [4.78, 5) is 2.50. The van der Waals surface area contributed by atoms with Crippen molar-refractivity contribution in [2.24, 2.45) is 0 Å². The summed E-state index contributed by atoms with van der Waals surface area (Å²) in [5, 5.41) is 3.66. The van der Waals surface area contributed by atoms with E-state index < -0.39 is 0 Å². The van der Waals surface area contributed by atoms with Crippen LogP contribution in [0.25, 0.3) is 0 Å². The van der Waals surface area contributed by atoms with Crippen LogP contribution in [0.4, 0.5) is 0 Å². The van der Waals surface area contributed by atoms with Crippen LogP contribution in [0.15, 0.2) is 41.9 Å². The standard InChI is InChI=1S/C16H23ClN2/c1-15(2)13-19(11-7-10-17)16(3,12-18-15)14-8-5-4-6-9-14/h4-10,18H,11-13H2,1-3H3/b10-7+. The lowest BCUT2D eigenvalue weighted by atomic mass is 9.84. The molecule has 1 fully saturated rings. The van der Waals surface area contributed by atoms with E-state index in [9.17, 15) is 0 Å². The SMILES string of the molecule is CC1(C)CN(C/C=C/Cl)C(C)(c2ccccc2)CN1. The number of benzene rings is 1. The Hall–Kier alpha value is -0.830. The van der Waals surface area contributed by atoms with Gasteiger partial charge in [0.05, 0.1) is 5.54 Å². The van der Waals surface area contributed by atoms with Gasteiger partial charge in [-0.1, -0.05) is 48.0 Å². The number of halogens is 1. The topological polar surface area (TPSA) is 15.3 Å². The number of rotatable bonds is 3. The molecule has 19 heavy (non-hydrogen) atoms. The van der Waals surface area contributed by atoms with Gasteiger partial charge in [0, 0.05) is 30.7 Å². The fourth-order valence-corrected chi connectivity index (χ4v) is 2.83. The maximum atomic E-state index is 5.71. The molecule has 0 radical (unpaired) electrons. The van der Waals surface area contributed by atoms with Crippen LogP contribution in [0.3, 0.4) is 0 Å². The van der Waals surface area contributed by atoms with Crippen molar-refractivity contribution >= 4 is 11.6 Å². The average Bonchev–Trinajstić information content (AvgIpc) is 2.41. The quantitative estimate of drug-likeness (QED) is 0.912. The van der Waals surface area contributed by atoms with E-state index in [1.54, 1.807) is 5.54 Å². The van der Waals surface area contributed by atoms with Gasteiger partial charge in [-0.15, -0.1) is 0 Å². The maximum Gasteiger partial charge on any atom is 0.0561 e. The highest BCUT2D eigenvalue weighted by molar-refractivity contribution is 6.25. The van der Waals surface area contributed by atoms with Crippen molar-refractivity contribution in [1.29, 1.82) is 0 Å². The number of hydrogen-bond donors (Lipinski definition) is 1. The highest BCUT2D eigenvalue weighted by Gasteiger charge is 2.41. The normalized spacial score (nSPS) is 27.8. The van der Waals surface area contributed by atoms with Crippen LogP contribution in [0.5, 0.6) is 0 Å². The number of nitrogens with one attached hydrogen (secondary N) is 1. The molecule has 1 aliphatic rings. The van der Waals surface area contributed by atoms with Crippen molar-refractivity contribution in [3.63, 3.8) is 0 Å². The van der Waals surface area contributed by atoms with Crippen molar-refractivity contribution in [1.82, 2.24) is 10.2 Å². The monoisotopic (exact) mass is 278 g/mol. The zero-order valence-electron chi connectivity index (χ0n) is 12.0. The molecule has 0 bridgehead atoms. The molecule has 2 nitrogen and oxygen atoms in total. The highest BCUT2D eigenvalue weighted by Crippen LogP contribution is 2.32. The Kier molecular flexibility index (Phi) is 4.34. The van der Waals surface area contributed by atoms with Crippen LogP contribution in [0, 0.1) is 0 Å². The summed E-state index contributed by atoms with van der Waals surface area (Å²) < 4.78 is 0. The van der Waals surface area contributed by atoms with Gasteiger partial charge in [-0.05, 0) is 26.3 Å². The molecule has 1 aliphatic heterocycles. The van der Waals surface area contributed by atoms with Crippen molar-refractivity contribution in [3.05, 3.63) is 47.5 Å². The fourth-order valence-electron chi connectivity index (χ4n) is 2.75. The summed E-state index contributed by atoms with van der Waals surface area (Å²) in [6.45, 7) is 9.61. The van der Waals surface area contributed by atoms with Gasteiger partial charge in [-0.2, -0.15) is 0 Å². The lowest BCUT2D eigenvalue weighted by molar-refractivity contribution is 0.0347. The van der Waals surface area contributed by atoms with Gasteiger partial charge in [0.2, 0.25) is 0 Å².